The zero-order valence-corrected chi connectivity index (χ0v) is 17.7. The number of amides is 2. The fourth-order valence-electron chi connectivity index (χ4n) is 2.97. The van der Waals surface area contributed by atoms with Gasteiger partial charge in [-0.3, -0.25) is 0 Å². The third kappa shape index (κ3) is 6.30. The second kappa shape index (κ2) is 8.82. The number of urea groups is 1. The molecule has 1 aromatic carbocycles. The molecule has 0 unspecified atom stereocenters. The van der Waals surface area contributed by atoms with Gasteiger partial charge < -0.3 is 19.3 Å². The van der Waals surface area contributed by atoms with Crippen LogP contribution in [0.4, 0.5) is 10.5 Å². The van der Waals surface area contributed by atoms with E-state index in [2.05, 4.69) is 10.2 Å². The van der Waals surface area contributed by atoms with Gasteiger partial charge in [0.15, 0.2) is 0 Å². The largest absolute Gasteiger partial charge is 0.382 e. The molecule has 0 aromatic heterocycles. The van der Waals surface area contributed by atoms with E-state index in [1.165, 1.54) is 0 Å². The lowest BCUT2D eigenvalue weighted by Gasteiger charge is -2.26. The minimum atomic E-state index is -3.67. The summed E-state index contributed by atoms with van der Waals surface area (Å²) in [5, 5.41) is 2.92. The molecule has 7 nitrogen and oxygen atoms in total. The lowest BCUT2D eigenvalue weighted by atomic mass is 10.1. The van der Waals surface area contributed by atoms with Crippen molar-refractivity contribution in [2.24, 2.45) is 0 Å². The molecule has 0 spiro atoms. The molecule has 0 atom stereocenters. The normalized spacial score (nSPS) is 14.1. The van der Waals surface area contributed by atoms with Crippen LogP contribution in [0.5, 0.6) is 5.75 Å². The predicted octanol–water partition coefficient (Wildman–Crippen LogP) is 2.95. The highest BCUT2D eigenvalue weighted by atomic mass is 32.2. The SMILES string of the molecule is CCN(CC)c1ccc(CN(C(=O)NC(C)C)C2CC2)c(OS(C)(=O)=O)c1. The Balaban J connectivity index is 2.34. The second-order valence-electron chi connectivity index (χ2n) is 7.22. The fraction of sp³-hybridized carbons (Fsp3) is 0.632. The first-order valence-electron chi connectivity index (χ1n) is 9.49. The molecule has 1 N–H and O–H groups in total. The van der Waals surface area contributed by atoms with Crippen LogP contribution >= 0.6 is 0 Å². The molecule has 0 saturated heterocycles. The number of carbonyl (C=O) groups excluding carboxylic acids is 1. The van der Waals surface area contributed by atoms with Gasteiger partial charge in [-0.2, -0.15) is 8.42 Å². The van der Waals surface area contributed by atoms with Crippen LogP contribution in [0.25, 0.3) is 0 Å². The second-order valence-corrected chi connectivity index (χ2v) is 8.79. The molecule has 0 heterocycles. The van der Waals surface area contributed by atoms with E-state index in [0.717, 1.165) is 37.9 Å². The Kier molecular flexibility index (Phi) is 6.97. The molecule has 152 valence electrons. The van der Waals surface area contributed by atoms with Crippen molar-refractivity contribution in [1.29, 1.82) is 0 Å². The van der Waals surface area contributed by atoms with Crippen LogP contribution in [0.1, 0.15) is 46.1 Å². The van der Waals surface area contributed by atoms with Crippen LogP contribution in [0.15, 0.2) is 18.2 Å². The summed E-state index contributed by atoms with van der Waals surface area (Å²) >= 11 is 0. The van der Waals surface area contributed by atoms with Crippen LogP contribution in [-0.2, 0) is 16.7 Å². The van der Waals surface area contributed by atoms with Crippen molar-refractivity contribution in [3.8, 4) is 5.75 Å². The number of nitrogens with one attached hydrogen (secondary N) is 1. The van der Waals surface area contributed by atoms with E-state index < -0.39 is 10.1 Å². The molecule has 0 bridgehead atoms. The summed E-state index contributed by atoms with van der Waals surface area (Å²) in [6, 6.07) is 5.64. The first-order valence-corrected chi connectivity index (χ1v) is 11.3. The van der Waals surface area contributed by atoms with Crippen LogP contribution < -0.4 is 14.4 Å². The predicted molar refractivity (Wildman–Crippen MR) is 108 cm³/mol. The average Bonchev–Trinajstić information content (AvgIpc) is 3.37. The van der Waals surface area contributed by atoms with Crippen molar-refractivity contribution < 1.29 is 17.4 Å². The Bertz CT molecular complexity index is 756. The fourth-order valence-corrected chi connectivity index (χ4v) is 3.45. The van der Waals surface area contributed by atoms with E-state index >= 15 is 0 Å². The molecule has 1 aliphatic rings. The van der Waals surface area contributed by atoms with Crippen LogP contribution in [0.2, 0.25) is 0 Å². The highest BCUT2D eigenvalue weighted by Gasteiger charge is 2.33. The topological polar surface area (TPSA) is 79.0 Å². The first-order chi connectivity index (χ1) is 12.6. The summed E-state index contributed by atoms with van der Waals surface area (Å²) in [6.45, 7) is 9.84. The number of carbonyl (C=O) groups is 1. The Morgan fingerprint density at radius 1 is 1.26 bits per heavy atom. The minimum absolute atomic E-state index is 0.0375. The lowest BCUT2D eigenvalue weighted by molar-refractivity contribution is 0.189. The van der Waals surface area contributed by atoms with Gasteiger partial charge in [0.25, 0.3) is 0 Å². The van der Waals surface area contributed by atoms with E-state index in [9.17, 15) is 13.2 Å². The van der Waals surface area contributed by atoms with Crippen molar-refractivity contribution in [2.75, 3.05) is 24.2 Å². The molecule has 27 heavy (non-hydrogen) atoms. The minimum Gasteiger partial charge on any atom is -0.382 e. The quantitative estimate of drug-likeness (QED) is 0.648. The van der Waals surface area contributed by atoms with Crippen molar-refractivity contribution in [3.63, 3.8) is 0 Å². The average molecular weight is 398 g/mol. The van der Waals surface area contributed by atoms with Gasteiger partial charge >= 0.3 is 16.1 Å². The number of benzene rings is 1. The summed E-state index contributed by atoms with van der Waals surface area (Å²) < 4.78 is 28.8. The number of hydrogen-bond donors (Lipinski definition) is 1. The van der Waals surface area contributed by atoms with E-state index in [4.69, 9.17) is 4.18 Å². The van der Waals surface area contributed by atoms with E-state index in [1.807, 2.05) is 39.8 Å². The van der Waals surface area contributed by atoms with E-state index in [0.29, 0.717) is 12.1 Å². The molecular weight excluding hydrogens is 366 g/mol. The van der Waals surface area contributed by atoms with Gasteiger partial charge in [-0.25, -0.2) is 4.79 Å². The van der Waals surface area contributed by atoms with Gasteiger partial charge in [0.1, 0.15) is 5.75 Å². The first kappa shape index (κ1) is 21.3. The van der Waals surface area contributed by atoms with Crippen LogP contribution in [0.3, 0.4) is 0 Å². The standard InChI is InChI=1S/C19H31N3O4S/c1-6-21(7-2)17-9-8-15(18(12-17)26-27(5,24)25)13-22(16-10-11-16)19(23)20-14(3)4/h8-9,12,14,16H,6-7,10-11,13H2,1-5H3,(H,20,23). The number of nitrogens with zero attached hydrogens (tertiary/aromatic N) is 2. The van der Waals surface area contributed by atoms with Crippen molar-refractivity contribution >= 4 is 21.8 Å². The maximum absolute atomic E-state index is 12.6. The Morgan fingerprint density at radius 2 is 1.89 bits per heavy atom. The smallest absolute Gasteiger partial charge is 0.318 e. The number of hydrogen-bond acceptors (Lipinski definition) is 5. The molecule has 1 aromatic rings. The van der Waals surface area contributed by atoms with Crippen molar-refractivity contribution in [1.82, 2.24) is 10.2 Å². The third-order valence-electron chi connectivity index (χ3n) is 4.42. The van der Waals surface area contributed by atoms with Gasteiger partial charge in [-0.1, -0.05) is 6.07 Å². The summed E-state index contributed by atoms with van der Waals surface area (Å²) in [5.74, 6) is 0.282. The lowest BCUT2D eigenvalue weighted by Crippen LogP contribution is -2.43. The summed E-state index contributed by atoms with van der Waals surface area (Å²) in [6.07, 6.45) is 2.96. The number of anilines is 1. The molecule has 1 aliphatic carbocycles. The van der Waals surface area contributed by atoms with Crippen LogP contribution in [0, 0.1) is 0 Å². The van der Waals surface area contributed by atoms with Gasteiger partial charge in [0.2, 0.25) is 0 Å². The highest BCUT2D eigenvalue weighted by Crippen LogP contribution is 2.33. The Labute approximate surface area is 162 Å². The van der Waals surface area contributed by atoms with Gasteiger partial charge in [-0.05, 0) is 46.6 Å². The maximum Gasteiger partial charge on any atom is 0.318 e. The molecule has 2 rings (SSSR count). The Hall–Kier alpha value is -1.96. The van der Waals surface area contributed by atoms with Gasteiger partial charge in [0.05, 0.1) is 12.8 Å². The van der Waals surface area contributed by atoms with Crippen LogP contribution in [-0.4, -0.2) is 50.8 Å². The molecule has 1 fully saturated rings. The van der Waals surface area contributed by atoms with Gasteiger partial charge in [0, 0.05) is 42.5 Å². The van der Waals surface area contributed by atoms with Crippen molar-refractivity contribution in [2.45, 2.75) is 59.2 Å². The molecule has 8 heteroatoms. The zero-order valence-electron chi connectivity index (χ0n) is 16.9. The molecular formula is C19H31N3O4S. The van der Waals surface area contributed by atoms with Gasteiger partial charge in [-0.15, -0.1) is 0 Å². The van der Waals surface area contributed by atoms with E-state index in [-0.39, 0.29) is 23.9 Å². The molecule has 0 radical (unpaired) electrons. The summed E-state index contributed by atoms with van der Waals surface area (Å²) in [7, 11) is -3.67. The molecule has 1 saturated carbocycles. The Morgan fingerprint density at radius 3 is 2.37 bits per heavy atom. The summed E-state index contributed by atoms with van der Waals surface area (Å²) in [5.41, 5.74) is 1.58. The maximum atomic E-state index is 12.6. The number of rotatable bonds is 9. The van der Waals surface area contributed by atoms with E-state index in [1.54, 1.807) is 11.0 Å². The third-order valence-corrected chi connectivity index (χ3v) is 4.90. The zero-order chi connectivity index (χ0) is 20.2. The molecule has 2 amide bonds. The molecule has 0 aliphatic heterocycles. The van der Waals surface area contributed by atoms with Crippen molar-refractivity contribution in [3.05, 3.63) is 23.8 Å². The summed E-state index contributed by atoms with van der Waals surface area (Å²) in [4.78, 5) is 16.4. The highest BCUT2D eigenvalue weighted by molar-refractivity contribution is 7.86. The monoisotopic (exact) mass is 397 g/mol.